The van der Waals surface area contributed by atoms with E-state index in [9.17, 15) is 0 Å². The van der Waals surface area contributed by atoms with Crippen LogP contribution in [0.4, 0.5) is 0 Å². The second kappa shape index (κ2) is 5.47. The van der Waals surface area contributed by atoms with Gasteiger partial charge in [0, 0.05) is 30.8 Å². The Labute approximate surface area is 112 Å². The molecular weight excluding hydrogens is 240 g/mol. The minimum absolute atomic E-state index is 0.448. The highest BCUT2D eigenvalue weighted by molar-refractivity contribution is 5.34. The molecule has 0 saturated heterocycles. The fourth-order valence-corrected chi connectivity index (χ4v) is 2.44. The molecule has 0 saturated carbocycles. The number of hydrogen-bond acceptors (Lipinski definition) is 4. The average molecular weight is 258 g/mol. The molecule has 1 aromatic heterocycles. The number of benzene rings is 1. The first-order valence-electron chi connectivity index (χ1n) is 6.55. The Hall–Kier alpha value is -1.78. The van der Waals surface area contributed by atoms with Crippen LogP contribution < -0.4 is 10.5 Å². The van der Waals surface area contributed by atoms with E-state index in [0.717, 1.165) is 31.1 Å². The predicted octanol–water partition coefficient (Wildman–Crippen LogP) is 2.13. The van der Waals surface area contributed by atoms with Crippen molar-refractivity contribution < 1.29 is 9.15 Å². The largest absolute Gasteiger partial charge is 0.492 e. The Morgan fingerprint density at radius 2 is 2.11 bits per heavy atom. The highest BCUT2D eigenvalue weighted by Gasteiger charge is 2.16. The van der Waals surface area contributed by atoms with Crippen LogP contribution in [0.1, 0.15) is 16.9 Å². The molecule has 100 valence electrons. The van der Waals surface area contributed by atoms with Crippen molar-refractivity contribution in [1.82, 2.24) is 4.90 Å². The molecule has 19 heavy (non-hydrogen) atoms. The van der Waals surface area contributed by atoms with E-state index in [-0.39, 0.29) is 0 Å². The summed E-state index contributed by atoms with van der Waals surface area (Å²) in [5, 5.41) is 0. The summed E-state index contributed by atoms with van der Waals surface area (Å²) in [6.07, 6.45) is 1.71. The molecule has 0 amide bonds. The number of fused-ring (bicyclic) bond motifs is 1. The fourth-order valence-electron chi connectivity index (χ4n) is 2.44. The standard InChI is InChI=1S/C15H18N2O2/c16-9-15-13(5-7-18-15)11-17-6-8-19-14-4-2-1-3-12(14)10-17/h1-5,7H,6,8-11,16H2. The third-order valence-electron chi connectivity index (χ3n) is 3.45. The zero-order valence-corrected chi connectivity index (χ0v) is 10.8. The van der Waals surface area contributed by atoms with Gasteiger partial charge in [-0.15, -0.1) is 0 Å². The van der Waals surface area contributed by atoms with Gasteiger partial charge >= 0.3 is 0 Å². The molecular formula is C15H18N2O2. The van der Waals surface area contributed by atoms with Crippen LogP contribution in [0.5, 0.6) is 5.75 Å². The molecule has 0 atom stereocenters. The van der Waals surface area contributed by atoms with E-state index in [1.165, 1.54) is 11.1 Å². The van der Waals surface area contributed by atoms with Crippen LogP contribution in [0, 0.1) is 0 Å². The lowest BCUT2D eigenvalue weighted by molar-refractivity contribution is 0.218. The van der Waals surface area contributed by atoms with Crippen LogP contribution in [-0.2, 0) is 19.6 Å². The van der Waals surface area contributed by atoms with Crippen LogP contribution in [-0.4, -0.2) is 18.1 Å². The Balaban J connectivity index is 1.76. The number of furan rings is 1. The number of rotatable bonds is 3. The first kappa shape index (κ1) is 12.3. The second-order valence-corrected chi connectivity index (χ2v) is 4.74. The third-order valence-corrected chi connectivity index (χ3v) is 3.45. The second-order valence-electron chi connectivity index (χ2n) is 4.74. The van der Waals surface area contributed by atoms with Crippen molar-refractivity contribution in [3.63, 3.8) is 0 Å². The van der Waals surface area contributed by atoms with E-state index in [1.54, 1.807) is 6.26 Å². The minimum Gasteiger partial charge on any atom is -0.492 e. The lowest BCUT2D eigenvalue weighted by Gasteiger charge is -2.18. The topological polar surface area (TPSA) is 51.6 Å². The van der Waals surface area contributed by atoms with Gasteiger partial charge in [0.15, 0.2) is 0 Å². The van der Waals surface area contributed by atoms with Gasteiger partial charge in [0.2, 0.25) is 0 Å². The summed E-state index contributed by atoms with van der Waals surface area (Å²) in [6, 6.07) is 10.2. The zero-order chi connectivity index (χ0) is 13.1. The van der Waals surface area contributed by atoms with Gasteiger partial charge in [0.05, 0.1) is 12.8 Å². The van der Waals surface area contributed by atoms with Crippen molar-refractivity contribution in [2.75, 3.05) is 13.2 Å². The van der Waals surface area contributed by atoms with Crippen LogP contribution in [0.25, 0.3) is 0 Å². The van der Waals surface area contributed by atoms with E-state index in [0.29, 0.717) is 13.2 Å². The Morgan fingerprint density at radius 1 is 1.21 bits per heavy atom. The molecule has 4 nitrogen and oxygen atoms in total. The zero-order valence-electron chi connectivity index (χ0n) is 10.8. The van der Waals surface area contributed by atoms with Gasteiger partial charge in [-0.2, -0.15) is 0 Å². The normalized spacial score (nSPS) is 15.6. The Kier molecular flexibility index (Phi) is 3.53. The van der Waals surface area contributed by atoms with Crippen LogP contribution >= 0.6 is 0 Å². The summed E-state index contributed by atoms with van der Waals surface area (Å²) < 4.78 is 11.1. The molecule has 0 radical (unpaired) electrons. The van der Waals surface area contributed by atoms with Gasteiger partial charge in [0.1, 0.15) is 18.1 Å². The molecule has 4 heteroatoms. The molecule has 0 fully saturated rings. The summed E-state index contributed by atoms with van der Waals surface area (Å²) in [4.78, 5) is 2.36. The molecule has 2 N–H and O–H groups in total. The van der Waals surface area contributed by atoms with Crippen molar-refractivity contribution in [3.05, 3.63) is 53.5 Å². The van der Waals surface area contributed by atoms with Crippen molar-refractivity contribution in [3.8, 4) is 5.75 Å². The molecule has 2 aromatic rings. The molecule has 0 unspecified atom stereocenters. The fraction of sp³-hybridized carbons (Fsp3) is 0.333. The summed E-state index contributed by atoms with van der Waals surface area (Å²) in [6.45, 7) is 3.81. The molecule has 2 heterocycles. The number of nitrogens with zero attached hydrogens (tertiary/aromatic N) is 1. The minimum atomic E-state index is 0.448. The molecule has 1 aromatic carbocycles. The highest BCUT2D eigenvalue weighted by Crippen LogP contribution is 2.24. The molecule has 1 aliphatic rings. The summed E-state index contributed by atoms with van der Waals surface area (Å²) in [5.41, 5.74) is 8.07. The number of para-hydroxylation sites is 1. The monoisotopic (exact) mass is 258 g/mol. The summed E-state index contributed by atoms with van der Waals surface area (Å²) in [7, 11) is 0. The van der Waals surface area contributed by atoms with Gasteiger partial charge in [-0.05, 0) is 12.1 Å². The SMILES string of the molecule is NCc1occc1CN1CCOc2ccccc2C1. The van der Waals surface area contributed by atoms with Gasteiger partial charge in [-0.1, -0.05) is 18.2 Å². The molecule has 1 aliphatic heterocycles. The lowest BCUT2D eigenvalue weighted by Crippen LogP contribution is -2.25. The van der Waals surface area contributed by atoms with Gasteiger partial charge in [-0.25, -0.2) is 0 Å². The Morgan fingerprint density at radius 3 is 3.00 bits per heavy atom. The van der Waals surface area contributed by atoms with Gasteiger partial charge in [-0.3, -0.25) is 4.90 Å². The maximum Gasteiger partial charge on any atom is 0.123 e. The average Bonchev–Trinajstić information content (AvgIpc) is 2.77. The maximum atomic E-state index is 5.76. The predicted molar refractivity (Wildman–Crippen MR) is 72.7 cm³/mol. The van der Waals surface area contributed by atoms with Crippen LogP contribution in [0.2, 0.25) is 0 Å². The van der Waals surface area contributed by atoms with Crippen molar-refractivity contribution in [1.29, 1.82) is 0 Å². The van der Waals surface area contributed by atoms with Crippen molar-refractivity contribution in [2.45, 2.75) is 19.6 Å². The lowest BCUT2D eigenvalue weighted by atomic mass is 10.1. The molecule has 0 aliphatic carbocycles. The molecule has 0 spiro atoms. The van der Waals surface area contributed by atoms with Gasteiger partial charge < -0.3 is 14.9 Å². The quantitative estimate of drug-likeness (QED) is 0.916. The van der Waals surface area contributed by atoms with Crippen LogP contribution in [0.3, 0.4) is 0 Å². The first-order valence-corrected chi connectivity index (χ1v) is 6.55. The first-order chi connectivity index (χ1) is 9.36. The molecule has 3 rings (SSSR count). The van der Waals surface area contributed by atoms with E-state index in [2.05, 4.69) is 17.0 Å². The third kappa shape index (κ3) is 2.64. The van der Waals surface area contributed by atoms with E-state index >= 15 is 0 Å². The number of hydrogen-bond donors (Lipinski definition) is 1. The summed E-state index contributed by atoms with van der Waals surface area (Å²) in [5.74, 6) is 1.87. The number of ether oxygens (including phenoxy) is 1. The van der Waals surface area contributed by atoms with Crippen molar-refractivity contribution in [2.24, 2.45) is 5.73 Å². The van der Waals surface area contributed by atoms with E-state index in [4.69, 9.17) is 14.9 Å². The van der Waals surface area contributed by atoms with Gasteiger partial charge in [0.25, 0.3) is 0 Å². The highest BCUT2D eigenvalue weighted by atomic mass is 16.5. The van der Waals surface area contributed by atoms with Crippen LogP contribution in [0.15, 0.2) is 41.0 Å². The molecule has 0 bridgehead atoms. The van der Waals surface area contributed by atoms with E-state index in [1.807, 2.05) is 18.2 Å². The van der Waals surface area contributed by atoms with E-state index < -0.39 is 0 Å². The smallest absolute Gasteiger partial charge is 0.123 e. The number of nitrogens with two attached hydrogens (primary N) is 1. The maximum absolute atomic E-state index is 5.76. The summed E-state index contributed by atoms with van der Waals surface area (Å²) >= 11 is 0. The van der Waals surface area contributed by atoms with Crippen molar-refractivity contribution >= 4 is 0 Å². The Bertz CT molecular complexity index is 551.